The molecule has 0 amide bonds. The third kappa shape index (κ3) is 4.36. The number of furan rings is 1. The van der Waals surface area contributed by atoms with Gasteiger partial charge in [-0.15, -0.1) is 0 Å². The van der Waals surface area contributed by atoms with Crippen LogP contribution in [0.3, 0.4) is 0 Å². The van der Waals surface area contributed by atoms with E-state index in [1.165, 1.54) is 0 Å². The van der Waals surface area contributed by atoms with Crippen LogP contribution in [0.1, 0.15) is 24.7 Å². The highest BCUT2D eigenvalue weighted by Gasteiger charge is 2.08. The van der Waals surface area contributed by atoms with Crippen molar-refractivity contribution in [2.75, 3.05) is 0 Å². The summed E-state index contributed by atoms with van der Waals surface area (Å²) in [6.07, 6.45) is 3.66. The predicted octanol–water partition coefficient (Wildman–Crippen LogP) is 4.62. The topological polar surface area (TPSA) is 45.4 Å². The second-order valence-electron chi connectivity index (χ2n) is 4.81. The molecule has 0 saturated heterocycles. The molecule has 0 spiro atoms. The van der Waals surface area contributed by atoms with Crippen molar-refractivity contribution < 1.29 is 9.52 Å². The molecular formula is C15H17Br2NO2. The summed E-state index contributed by atoms with van der Waals surface area (Å²) in [4.78, 5) is 0. The summed E-state index contributed by atoms with van der Waals surface area (Å²) >= 11 is 6.68. The van der Waals surface area contributed by atoms with Crippen LogP contribution in [0.2, 0.25) is 0 Å². The lowest BCUT2D eigenvalue weighted by Crippen LogP contribution is -2.25. The molecule has 0 aliphatic carbocycles. The third-order valence-corrected chi connectivity index (χ3v) is 4.34. The zero-order valence-electron chi connectivity index (χ0n) is 11.2. The number of hydrogen-bond acceptors (Lipinski definition) is 3. The van der Waals surface area contributed by atoms with Gasteiger partial charge in [0.05, 0.1) is 15.2 Å². The summed E-state index contributed by atoms with van der Waals surface area (Å²) in [6.45, 7) is 2.92. The van der Waals surface area contributed by atoms with E-state index < -0.39 is 0 Å². The fourth-order valence-electron chi connectivity index (χ4n) is 1.93. The van der Waals surface area contributed by atoms with Gasteiger partial charge in [-0.05, 0) is 75.0 Å². The Morgan fingerprint density at radius 2 is 2.00 bits per heavy atom. The molecule has 0 saturated carbocycles. The van der Waals surface area contributed by atoms with Gasteiger partial charge in [0.2, 0.25) is 0 Å². The standard InChI is InChI=1S/C15H17Br2NO2/c1-10(4-5-12-3-2-6-20-12)18-9-11-7-13(16)15(19)14(17)8-11/h2-3,6-8,10,18-19H,4-5,9H2,1H3. The molecule has 1 atom stereocenters. The normalized spacial score (nSPS) is 12.6. The smallest absolute Gasteiger partial charge is 0.143 e. The fourth-order valence-corrected chi connectivity index (χ4v) is 3.21. The first-order valence-corrected chi connectivity index (χ1v) is 8.07. The number of halogens is 2. The molecule has 5 heteroatoms. The molecule has 1 aromatic heterocycles. The highest BCUT2D eigenvalue weighted by molar-refractivity contribution is 9.11. The quantitative estimate of drug-likeness (QED) is 0.740. The molecule has 0 aliphatic heterocycles. The Kier molecular flexibility index (Phi) is 5.69. The van der Waals surface area contributed by atoms with Gasteiger partial charge < -0.3 is 14.8 Å². The van der Waals surface area contributed by atoms with E-state index in [1.54, 1.807) is 6.26 Å². The number of phenols is 1. The Morgan fingerprint density at radius 1 is 1.30 bits per heavy atom. The Hall–Kier alpha value is -0.780. The van der Waals surface area contributed by atoms with Gasteiger partial charge in [0, 0.05) is 19.0 Å². The van der Waals surface area contributed by atoms with Crippen molar-refractivity contribution in [2.45, 2.75) is 32.4 Å². The SMILES string of the molecule is CC(CCc1ccco1)NCc1cc(Br)c(O)c(Br)c1. The van der Waals surface area contributed by atoms with E-state index in [4.69, 9.17) is 4.42 Å². The molecule has 0 fully saturated rings. The molecule has 1 aromatic carbocycles. The van der Waals surface area contributed by atoms with Crippen molar-refractivity contribution >= 4 is 31.9 Å². The van der Waals surface area contributed by atoms with Crippen LogP contribution in [0.5, 0.6) is 5.75 Å². The molecule has 20 heavy (non-hydrogen) atoms. The molecule has 3 nitrogen and oxygen atoms in total. The molecule has 0 bridgehead atoms. The summed E-state index contributed by atoms with van der Waals surface area (Å²) in [5, 5.41) is 13.1. The van der Waals surface area contributed by atoms with Crippen molar-refractivity contribution in [1.82, 2.24) is 5.32 Å². The number of nitrogens with one attached hydrogen (secondary N) is 1. The van der Waals surface area contributed by atoms with Gasteiger partial charge in [-0.3, -0.25) is 0 Å². The van der Waals surface area contributed by atoms with Crippen molar-refractivity contribution in [3.05, 3.63) is 50.8 Å². The number of rotatable bonds is 6. The fraction of sp³-hybridized carbons (Fsp3) is 0.333. The zero-order chi connectivity index (χ0) is 14.5. The van der Waals surface area contributed by atoms with Crippen LogP contribution in [0.25, 0.3) is 0 Å². The minimum atomic E-state index is 0.236. The number of benzene rings is 1. The van der Waals surface area contributed by atoms with Gasteiger partial charge in [0.25, 0.3) is 0 Å². The maximum absolute atomic E-state index is 9.67. The molecule has 1 unspecified atom stereocenters. The summed E-state index contributed by atoms with van der Waals surface area (Å²) in [5.41, 5.74) is 1.12. The lowest BCUT2D eigenvalue weighted by atomic mass is 10.1. The van der Waals surface area contributed by atoms with Gasteiger partial charge >= 0.3 is 0 Å². The Balaban J connectivity index is 1.82. The lowest BCUT2D eigenvalue weighted by Gasteiger charge is -2.14. The largest absolute Gasteiger partial charge is 0.506 e. The van der Waals surface area contributed by atoms with Gasteiger partial charge in [0.1, 0.15) is 11.5 Å². The predicted molar refractivity (Wildman–Crippen MR) is 86.8 cm³/mol. The number of phenolic OH excluding ortho intramolecular Hbond substituents is 1. The summed E-state index contributed by atoms with van der Waals surface area (Å²) < 4.78 is 6.73. The third-order valence-electron chi connectivity index (χ3n) is 3.14. The Labute approximate surface area is 135 Å². The first-order valence-electron chi connectivity index (χ1n) is 6.49. The van der Waals surface area contributed by atoms with Gasteiger partial charge in [-0.1, -0.05) is 0 Å². The molecule has 0 radical (unpaired) electrons. The van der Waals surface area contributed by atoms with Crippen molar-refractivity contribution in [2.24, 2.45) is 0 Å². The summed E-state index contributed by atoms with van der Waals surface area (Å²) in [5.74, 6) is 1.26. The molecule has 1 heterocycles. The van der Waals surface area contributed by atoms with Crippen molar-refractivity contribution in [1.29, 1.82) is 0 Å². The van der Waals surface area contributed by atoms with Crippen LogP contribution in [-0.2, 0) is 13.0 Å². The second-order valence-corrected chi connectivity index (χ2v) is 6.52. The second kappa shape index (κ2) is 7.29. The van der Waals surface area contributed by atoms with Gasteiger partial charge in [0.15, 0.2) is 0 Å². The Morgan fingerprint density at radius 3 is 2.60 bits per heavy atom. The highest BCUT2D eigenvalue weighted by Crippen LogP contribution is 2.33. The van der Waals surface area contributed by atoms with E-state index in [0.29, 0.717) is 15.0 Å². The number of aryl methyl sites for hydroxylation is 1. The molecule has 0 aliphatic rings. The van der Waals surface area contributed by atoms with Gasteiger partial charge in [-0.2, -0.15) is 0 Å². The minimum Gasteiger partial charge on any atom is -0.506 e. The molecular weight excluding hydrogens is 386 g/mol. The maximum atomic E-state index is 9.67. The average Bonchev–Trinajstić information content (AvgIpc) is 2.93. The molecule has 108 valence electrons. The van der Waals surface area contributed by atoms with E-state index in [-0.39, 0.29) is 5.75 Å². The summed E-state index contributed by atoms with van der Waals surface area (Å²) in [7, 11) is 0. The van der Waals surface area contributed by atoms with Crippen LogP contribution in [0.15, 0.2) is 43.9 Å². The van der Waals surface area contributed by atoms with Crippen molar-refractivity contribution in [3.63, 3.8) is 0 Å². The Bertz CT molecular complexity index is 532. The van der Waals surface area contributed by atoms with Crippen LogP contribution in [-0.4, -0.2) is 11.1 Å². The van der Waals surface area contributed by atoms with E-state index in [2.05, 4.69) is 44.1 Å². The van der Waals surface area contributed by atoms with Gasteiger partial charge in [-0.25, -0.2) is 0 Å². The van der Waals surface area contributed by atoms with Crippen molar-refractivity contribution in [3.8, 4) is 5.75 Å². The summed E-state index contributed by atoms with van der Waals surface area (Å²) in [6, 6.07) is 8.16. The first-order chi connectivity index (χ1) is 9.56. The van der Waals surface area contributed by atoms with E-state index >= 15 is 0 Å². The molecule has 2 rings (SSSR count). The van der Waals surface area contributed by atoms with E-state index in [9.17, 15) is 5.11 Å². The average molecular weight is 403 g/mol. The van der Waals surface area contributed by atoms with E-state index in [1.807, 2.05) is 24.3 Å². The van der Waals surface area contributed by atoms with Crippen LogP contribution in [0.4, 0.5) is 0 Å². The lowest BCUT2D eigenvalue weighted by molar-refractivity contribution is 0.458. The molecule has 2 N–H and O–H groups in total. The monoisotopic (exact) mass is 401 g/mol. The minimum absolute atomic E-state index is 0.236. The number of aromatic hydroxyl groups is 1. The maximum Gasteiger partial charge on any atom is 0.143 e. The number of hydrogen-bond donors (Lipinski definition) is 2. The van der Waals surface area contributed by atoms with Crippen LogP contribution in [0, 0.1) is 0 Å². The van der Waals surface area contributed by atoms with Crippen LogP contribution < -0.4 is 5.32 Å². The first kappa shape index (κ1) is 15.6. The van der Waals surface area contributed by atoms with Crippen LogP contribution >= 0.6 is 31.9 Å². The highest BCUT2D eigenvalue weighted by atomic mass is 79.9. The zero-order valence-corrected chi connectivity index (χ0v) is 14.4. The molecule has 2 aromatic rings. The van der Waals surface area contributed by atoms with E-state index in [0.717, 1.165) is 30.7 Å².